The minimum atomic E-state index is 0.165. The summed E-state index contributed by atoms with van der Waals surface area (Å²) >= 11 is 5.93. The van der Waals surface area contributed by atoms with Crippen LogP contribution >= 0.6 is 11.6 Å². The summed E-state index contributed by atoms with van der Waals surface area (Å²) in [6.07, 6.45) is 1.69. The van der Waals surface area contributed by atoms with Crippen LogP contribution in [0.4, 0.5) is 0 Å². The second kappa shape index (κ2) is 4.49. The zero-order valence-corrected chi connectivity index (χ0v) is 8.38. The highest BCUT2D eigenvalue weighted by Crippen LogP contribution is 2.22. The molecule has 1 aromatic rings. The number of aryl methyl sites for hydroxylation is 1. The lowest BCUT2D eigenvalue weighted by Crippen LogP contribution is -2.15. The Hall–Kier alpha value is -0.730. The molecule has 0 unspecified atom stereocenters. The van der Waals surface area contributed by atoms with E-state index in [-0.39, 0.29) is 11.8 Å². The maximum atomic E-state index is 9.21. The van der Waals surface area contributed by atoms with Crippen LogP contribution in [0.2, 0.25) is 5.02 Å². The summed E-state index contributed by atoms with van der Waals surface area (Å²) in [6, 6.07) is 5.13. The Kier molecular flexibility index (Phi) is 3.58. The third-order valence-corrected chi connectivity index (χ3v) is 2.27. The fourth-order valence-electron chi connectivity index (χ4n) is 1.14. The highest BCUT2D eigenvalue weighted by atomic mass is 35.5. The zero-order chi connectivity index (χ0) is 9.84. The summed E-state index contributed by atoms with van der Waals surface area (Å²) in [7, 11) is 0. The van der Waals surface area contributed by atoms with Crippen molar-refractivity contribution in [1.82, 2.24) is 0 Å². The molecule has 3 heteroatoms. The van der Waals surface area contributed by atoms with Crippen LogP contribution in [0, 0.1) is 0 Å². The van der Waals surface area contributed by atoms with Crippen molar-refractivity contribution in [3.8, 4) is 5.75 Å². The fourth-order valence-corrected chi connectivity index (χ4v) is 1.35. The van der Waals surface area contributed by atoms with Crippen LogP contribution in [0.3, 0.4) is 0 Å². The molecule has 1 atom stereocenters. The van der Waals surface area contributed by atoms with Crippen molar-refractivity contribution >= 4 is 11.6 Å². The van der Waals surface area contributed by atoms with Gasteiger partial charge in [0.15, 0.2) is 0 Å². The molecular formula is C10H14ClNO. The van der Waals surface area contributed by atoms with Crippen LogP contribution in [-0.4, -0.2) is 11.1 Å². The molecular weight excluding hydrogens is 186 g/mol. The Morgan fingerprint density at radius 1 is 1.54 bits per heavy atom. The van der Waals surface area contributed by atoms with Gasteiger partial charge in [-0.25, -0.2) is 0 Å². The molecule has 0 amide bonds. The standard InChI is InChI=1S/C10H14ClNO/c1-7(12)2-3-8-6-9(13)4-5-10(8)11/h4-7,13H,2-3,12H2,1H3/t7-/m1/s1. The van der Waals surface area contributed by atoms with Crippen LogP contribution in [0.25, 0.3) is 0 Å². The smallest absolute Gasteiger partial charge is 0.115 e. The van der Waals surface area contributed by atoms with Crippen molar-refractivity contribution in [2.45, 2.75) is 25.8 Å². The quantitative estimate of drug-likeness (QED) is 0.785. The third-order valence-electron chi connectivity index (χ3n) is 1.90. The second-order valence-corrected chi connectivity index (χ2v) is 3.70. The SMILES string of the molecule is C[C@@H](N)CCc1cc(O)ccc1Cl. The third kappa shape index (κ3) is 3.25. The second-order valence-electron chi connectivity index (χ2n) is 3.29. The number of phenolic OH excluding ortho intramolecular Hbond substituents is 1. The van der Waals surface area contributed by atoms with Gasteiger partial charge in [-0.1, -0.05) is 11.6 Å². The fraction of sp³-hybridized carbons (Fsp3) is 0.400. The van der Waals surface area contributed by atoms with E-state index >= 15 is 0 Å². The topological polar surface area (TPSA) is 46.2 Å². The average Bonchev–Trinajstić information content (AvgIpc) is 2.06. The minimum Gasteiger partial charge on any atom is -0.508 e. The van der Waals surface area contributed by atoms with Gasteiger partial charge in [0.1, 0.15) is 5.75 Å². The van der Waals surface area contributed by atoms with Gasteiger partial charge in [0.05, 0.1) is 0 Å². The largest absolute Gasteiger partial charge is 0.508 e. The molecule has 72 valence electrons. The molecule has 0 aromatic heterocycles. The van der Waals surface area contributed by atoms with Gasteiger partial charge in [-0.05, 0) is 43.5 Å². The van der Waals surface area contributed by atoms with E-state index in [0.29, 0.717) is 5.02 Å². The van der Waals surface area contributed by atoms with Gasteiger partial charge in [-0.15, -0.1) is 0 Å². The van der Waals surface area contributed by atoms with E-state index in [9.17, 15) is 5.11 Å². The molecule has 0 fully saturated rings. The molecule has 1 rings (SSSR count). The Morgan fingerprint density at radius 3 is 2.85 bits per heavy atom. The van der Waals surface area contributed by atoms with Crippen molar-refractivity contribution in [3.63, 3.8) is 0 Å². The highest BCUT2D eigenvalue weighted by Gasteiger charge is 2.02. The maximum Gasteiger partial charge on any atom is 0.115 e. The molecule has 0 spiro atoms. The van der Waals surface area contributed by atoms with Crippen LogP contribution in [0.15, 0.2) is 18.2 Å². The van der Waals surface area contributed by atoms with E-state index in [1.54, 1.807) is 18.2 Å². The van der Waals surface area contributed by atoms with E-state index in [1.165, 1.54) is 0 Å². The summed E-state index contributed by atoms with van der Waals surface area (Å²) in [5, 5.41) is 9.91. The van der Waals surface area contributed by atoms with Crippen molar-refractivity contribution < 1.29 is 5.11 Å². The van der Waals surface area contributed by atoms with Gasteiger partial charge < -0.3 is 10.8 Å². The van der Waals surface area contributed by atoms with E-state index < -0.39 is 0 Å². The van der Waals surface area contributed by atoms with E-state index in [2.05, 4.69) is 0 Å². The summed E-state index contributed by atoms with van der Waals surface area (Å²) in [5.41, 5.74) is 6.58. The van der Waals surface area contributed by atoms with Crippen LogP contribution in [0.1, 0.15) is 18.9 Å². The Balaban J connectivity index is 2.70. The van der Waals surface area contributed by atoms with Crippen molar-refractivity contribution in [2.75, 3.05) is 0 Å². The van der Waals surface area contributed by atoms with Crippen LogP contribution in [-0.2, 0) is 6.42 Å². The molecule has 2 nitrogen and oxygen atoms in total. The lowest BCUT2D eigenvalue weighted by molar-refractivity contribution is 0.474. The minimum absolute atomic E-state index is 0.165. The van der Waals surface area contributed by atoms with Gasteiger partial charge in [0.25, 0.3) is 0 Å². The number of nitrogens with two attached hydrogens (primary N) is 1. The van der Waals surface area contributed by atoms with Crippen molar-refractivity contribution in [1.29, 1.82) is 0 Å². The van der Waals surface area contributed by atoms with Crippen LogP contribution < -0.4 is 5.73 Å². The number of hydrogen-bond donors (Lipinski definition) is 2. The summed E-state index contributed by atoms with van der Waals surface area (Å²) in [4.78, 5) is 0. The Morgan fingerprint density at radius 2 is 2.23 bits per heavy atom. The predicted molar refractivity (Wildman–Crippen MR) is 55.1 cm³/mol. The average molecular weight is 200 g/mol. The molecule has 0 bridgehead atoms. The van der Waals surface area contributed by atoms with Gasteiger partial charge >= 0.3 is 0 Å². The van der Waals surface area contributed by atoms with Gasteiger partial charge in [-0.2, -0.15) is 0 Å². The molecule has 0 aliphatic carbocycles. The molecule has 0 aliphatic heterocycles. The molecule has 0 saturated heterocycles. The first-order valence-electron chi connectivity index (χ1n) is 4.32. The normalized spacial score (nSPS) is 12.8. The van der Waals surface area contributed by atoms with Crippen LogP contribution in [0.5, 0.6) is 5.75 Å². The first-order valence-corrected chi connectivity index (χ1v) is 4.70. The van der Waals surface area contributed by atoms with Gasteiger partial charge in [0.2, 0.25) is 0 Å². The number of rotatable bonds is 3. The molecule has 0 aliphatic rings. The number of halogens is 1. The first-order chi connectivity index (χ1) is 6.09. The number of aromatic hydroxyl groups is 1. The Bertz CT molecular complexity index is 286. The maximum absolute atomic E-state index is 9.21. The molecule has 13 heavy (non-hydrogen) atoms. The summed E-state index contributed by atoms with van der Waals surface area (Å²) in [6.45, 7) is 1.96. The number of phenols is 1. The molecule has 0 saturated carbocycles. The number of benzene rings is 1. The summed E-state index contributed by atoms with van der Waals surface area (Å²) < 4.78 is 0. The van der Waals surface area contributed by atoms with Gasteiger partial charge in [0, 0.05) is 11.1 Å². The molecule has 3 N–H and O–H groups in total. The Labute approximate surface area is 83.3 Å². The number of hydrogen-bond acceptors (Lipinski definition) is 2. The lowest BCUT2D eigenvalue weighted by atomic mass is 10.1. The van der Waals surface area contributed by atoms with E-state index in [1.807, 2.05) is 6.92 Å². The highest BCUT2D eigenvalue weighted by molar-refractivity contribution is 6.31. The molecule has 1 aromatic carbocycles. The van der Waals surface area contributed by atoms with Crippen molar-refractivity contribution in [3.05, 3.63) is 28.8 Å². The van der Waals surface area contributed by atoms with E-state index in [4.69, 9.17) is 17.3 Å². The zero-order valence-electron chi connectivity index (χ0n) is 7.63. The van der Waals surface area contributed by atoms with E-state index in [0.717, 1.165) is 18.4 Å². The molecule has 0 radical (unpaired) electrons. The summed E-state index contributed by atoms with van der Waals surface area (Å²) in [5.74, 6) is 0.254. The molecule has 0 heterocycles. The lowest BCUT2D eigenvalue weighted by Gasteiger charge is -2.06. The predicted octanol–water partition coefficient (Wildman–Crippen LogP) is 2.33. The van der Waals surface area contributed by atoms with Gasteiger partial charge in [-0.3, -0.25) is 0 Å². The first kappa shape index (κ1) is 10.4. The monoisotopic (exact) mass is 199 g/mol. The van der Waals surface area contributed by atoms with Crippen molar-refractivity contribution in [2.24, 2.45) is 5.73 Å².